The largest absolute Gasteiger partial charge is 0.353 e. The molecule has 0 radical (unpaired) electrons. The lowest BCUT2D eigenvalue weighted by atomic mass is 10.2. The zero-order valence-corrected chi connectivity index (χ0v) is 9.36. The Morgan fingerprint density at radius 1 is 1.38 bits per heavy atom. The van der Waals surface area contributed by atoms with Crippen molar-refractivity contribution in [2.75, 3.05) is 6.54 Å². The summed E-state index contributed by atoms with van der Waals surface area (Å²) in [5.41, 5.74) is 1.36. The highest BCUT2D eigenvalue weighted by molar-refractivity contribution is 5.93. The molecule has 1 rings (SSSR count). The van der Waals surface area contributed by atoms with Crippen molar-refractivity contribution in [2.45, 2.75) is 13.8 Å². The van der Waals surface area contributed by atoms with Crippen molar-refractivity contribution in [3.05, 3.63) is 35.7 Å². The van der Waals surface area contributed by atoms with Gasteiger partial charge in [-0.15, -0.1) is 0 Å². The molecule has 84 valence electrons. The molecule has 1 N–H and O–H groups in total. The van der Waals surface area contributed by atoms with Gasteiger partial charge in [0.1, 0.15) is 0 Å². The number of hydrogen-bond acceptors (Lipinski definition) is 3. The number of nitrogens with one attached hydrogen (secondary N) is 1. The fourth-order valence-corrected chi connectivity index (χ4v) is 1.09. The minimum absolute atomic E-state index is 0.00118. The highest BCUT2D eigenvalue weighted by Gasteiger charge is 1.97. The maximum Gasteiger partial charge on any atom is 0.217 e. The van der Waals surface area contributed by atoms with Crippen LogP contribution in [0.25, 0.3) is 6.08 Å². The molecular formula is C12H14N2O2. The van der Waals surface area contributed by atoms with Gasteiger partial charge in [-0.05, 0) is 25.1 Å². The summed E-state index contributed by atoms with van der Waals surface area (Å²) in [5, 5.41) is 2.64. The molecule has 0 bridgehead atoms. The zero-order chi connectivity index (χ0) is 12.0. The molecule has 4 nitrogen and oxygen atoms in total. The summed E-state index contributed by atoms with van der Waals surface area (Å²) in [5.74, 6) is -0.0641. The number of carbonyl (C=O) groups excluding carboxylic acids is 2. The van der Waals surface area contributed by atoms with Gasteiger partial charge in [0.25, 0.3) is 0 Å². The Hall–Kier alpha value is -1.97. The van der Waals surface area contributed by atoms with Crippen LogP contribution in [0, 0.1) is 0 Å². The number of pyridine rings is 1. The molecule has 0 aliphatic rings. The second-order valence-corrected chi connectivity index (χ2v) is 3.37. The molecule has 1 amide bonds. The molecule has 0 atom stereocenters. The van der Waals surface area contributed by atoms with Crippen LogP contribution in [-0.2, 0) is 4.79 Å². The first-order chi connectivity index (χ1) is 7.59. The number of aromatic nitrogens is 1. The van der Waals surface area contributed by atoms with Crippen molar-refractivity contribution in [3.8, 4) is 0 Å². The van der Waals surface area contributed by atoms with Crippen LogP contribution in [0.2, 0.25) is 0 Å². The predicted octanol–water partition coefficient (Wildman–Crippen LogP) is 1.43. The van der Waals surface area contributed by atoms with E-state index in [1.807, 2.05) is 0 Å². The van der Waals surface area contributed by atoms with Gasteiger partial charge >= 0.3 is 0 Å². The lowest BCUT2D eigenvalue weighted by Crippen LogP contribution is -2.19. The molecule has 0 aliphatic carbocycles. The van der Waals surface area contributed by atoms with Crippen molar-refractivity contribution < 1.29 is 9.59 Å². The summed E-state index contributed by atoms with van der Waals surface area (Å²) >= 11 is 0. The Kier molecular flexibility index (Phi) is 4.39. The standard InChI is InChI=1S/C12H14N2O2/c1-9(15)11-5-6-12(14-8-11)4-3-7-13-10(2)16/h3-6,8H,7H2,1-2H3,(H,13,16). The summed E-state index contributed by atoms with van der Waals surface area (Å²) < 4.78 is 0. The van der Waals surface area contributed by atoms with Gasteiger partial charge in [0.05, 0.1) is 5.69 Å². The van der Waals surface area contributed by atoms with Crippen molar-refractivity contribution >= 4 is 17.8 Å². The van der Waals surface area contributed by atoms with Crippen LogP contribution >= 0.6 is 0 Å². The third-order valence-electron chi connectivity index (χ3n) is 1.95. The first-order valence-electron chi connectivity index (χ1n) is 4.97. The van der Waals surface area contributed by atoms with Gasteiger partial charge in [0.2, 0.25) is 5.91 Å². The van der Waals surface area contributed by atoms with Crippen molar-refractivity contribution in [1.29, 1.82) is 0 Å². The summed E-state index contributed by atoms with van der Waals surface area (Å²) in [6, 6.07) is 3.49. The maximum absolute atomic E-state index is 11.0. The zero-order valence-electron chi connectivity index (χ0n) is 9.36. The lowest BCUT2D eigenvalue weighted by Gasteiger charge is -1.97. The molecule has 1 aromatic rings. The van der Waals surface area contributed by atoms with E-state index in [1.54, 1.807) is 30.5 Å². The molecule has 0 saturated heterocycles. The quantitative estimate of drug-likeness (QED) is 0.778. The van der Waals surface area contributed by atoms with Crippen molar-refractivity contribution in [3.63, 3.8) is 0 Å². The second-order valence-electron chi connectivity index (χ2n) is 3.37. The Balaban J connectivity index is 2.55. The number of carbonyl (C=O) groups is 2. The first kappa shape index (κ1) is 12.1. The van der Waals surface area contributed by atoms with Crippen LogP contribution in [-0.4, -0.2) is 23.2 Å². The molecule has 0 fully saturated rings. The van der Waals surface area contributed by atoms with Gasteiger partial charge in [0.15, 0.2) is 5.78 Å². The molecular weight excluding hydrogens is 204 g/mol. The molecule has 4 heteroatoms. The normalized spacial score (nSPS) is 10.4. The van der Waals surface area contributed by atoms with Gasteiger partial charge < -0.3 is 5.32 Å². The predicted molar refractivity (Wildman–Crippen MR) is 62.0 cm³/mol. The highest BCUT2D eigenvalue weighted by Crippen LogP contribution is 2.02. The summed E-state index contributed by atoms with van der Waals surface area (Å²) in [4.78, 5) is 25.7. The van der Waals surface area contributed by atoms with Gasteiger partial charge in [-0.1, -0.05) is 6.08 Å². The van der Waals surface area contributed by atoms with Crippen molar-refractivity contribution in [2.24, 2.45) is 0 Å². The fraction of sp³-hybridized carbons (Fsp3) is 0.250. The van der Waals surface area contributed by atoms with Gasteiger partial charge in [-0.2, -0.15) is 0 Å². The SMILES string of the molecule is CC(=O)NCC=Cc1ccc(C(C)=O)cn1. The molecule has 1 heterocycles. The van der Waals surface area contributed by atoms with Crippen LogP contribution in [0.15, 0.2) is 24.4 Å². The molecule has 1 aromatic heterocycles. The molecule has 0 unspecified atom stereocenters. The Morgan fingerprint density at radius 2 is 2.12 bits per heavy atom. The van der Waals surface area contributed by atoms with Crippen molar-refractivity contribution in [1.82, 2.24) is 10.3 Å². The molecule has 0 saturated carbocycles. The average Bonchev–Trinajstić information content (AvgIpc) is 2.25. The van der Waals surface area contributed by atoms with Crippen LogP contribution in [0.5, 0.6) is 0 Å². The summed E-state index contributed by atoms with van der Waals surface area (Å²) in [6.45, 7) is 3.45. The summed E-state index contributed by atoms with van der Waals surface area (Å²) in [7, 11) is 0. The van der Waals surface area contributed by atoms with Gasteiger partial charge in [0, 0.05) is 25.2 Å². The topological polar surface area (TPSA) is 59.1 Å². The second kappa shape index (κ2) is 5.80. The van der Waals surface area contributed by atoms with E-state index in [2.05, 4.69) is 10.3 Å². The Morgan fingerprint density at radius 3 is 2.62 bits per heavy atom. The molecule has 16 heavy (non-hydrogen) atoms. The van der Waals surface area contributed by atoms with E-state index in [4.69, 9.17) is 0 Å². The molecule has 0 aromatic carbocycles. The third-order valence-corrected chi connectivity index (χ3v) is 1.95. The van der Waals surface area contributed by atoms with E-state index in [-0.39, 0.29) is 11.7 Å². The Bertz CT molecular complexity index is 408. The number of ketones is 1. The van der Waals surface area contributed by atoms with E-state index in [0.717, 1.165) is 5.69 Å². The highest BCUT2D eigenvalue weighted by atomic mass is 16.1. The van der Waals surface area contributed by atoms with Crippen LogP contribution in [0.4, 0.5) is 0 Å². The van der Waals surface area contributed by atoms with E-state index in [9.17, 15) is 9.59 Å². The third kappa shape index (κ3) is 4.04. The summed E-state index contributed by atoms with van der Waals surface area (Å²) in [6.07, 6.45) is 5.14. The lowest BCUT2D eigenvalue weighted by molar-refractivity contribution is -0.118. The Labute approximate surface area is 94.4 Å². The van der Waals surface area contributed by atoms with E-state index in [0.29, 0.717) is 12.1 Å². The number of Topliss-reactive ketones (excluding diaryl/α,β-unsaturated/α-hetero) is 1. The monoisotopic (exact) mass is 218 g/mol. The minimum Gasteiger partial charge on any atom is -0.353 e. The first-order valence-corrected chi connectivity index (χ1v) is 4.97. The van der Waals surface area contributed by atoms with E-state index >= 15 is 0 Å². The van der Waals surface area contributed by atoms with Gasteiger partial charge in [-0.3, -0.25) is 14.6 Å². The number of rotatable bonds is 4. The van der Waals surface area contributed by atoms with Crippen LogP contribution < -0.4 is 5.32 Å². The van der Waals surface area contributed by atoms with Gasteiger partial charge in [-0.25, -0.2) is 0 Å². The fourth-order valence-electron chi connectivity index (χ4n) is 1.09. The minimum atomic E-state index is -0.0652. The molecule has 0 spiro atoms. The van der Waals surface area contributed by atoms with Crippen LogP contribution in [0.3, 0.4) is 0 Å². The number of amides is 1. The number of hydrogen-bond donors (Lipinski definition) is 1. The van der Waals surface area contributed by atoms with Crippen LogP contribution in [0.1, 0.15) is 29.9 Å². The maximum atomic E-state index is 11.0. The average molecular weight is 218 g/mol. The number of nitrogens with zero attached hydrogens (tertiary/aromatic N) is 1. The smallest absolute Gasteiger partial charge is 0.217 e. The molecule has 0 aliphatic heterocycles. The van der Waals surface area contributed by atoms with E-state index < -0.39 is 0 Å². The van der Waals surface area contributed by atoms with E-state index in [1.165, 1.54) is 13.8 Å².